The van der Waals surface area contributed by atoms with E-state index in [1.807, 2.05) is 28.7 Å². The molecule has 1 aliphatic carbocycles. The highest BCUT2D eigenvalue weighted by molar-refractivity contribution is 14.1. The Hall–Kier alpha value is -3.13. The molecule has 1 heterocycles. The number of ether oxygens (including phenoxy) is 1. The van der Waals surface area contributed by atoms with Gasteiger partial charge < -0.3 is 14.5 Å². The maximum atomic E-state index is 14.0. The van der Waals surface area contributed by atoms with Crippen molar-refractivity contribution in [2.75, 3.05) is 14.2 Å². The summed E-state index contributed by atoms with van der Waals surface area (Å²) < 4.78 is 49.8. The Balaban J connectivity index is 1.57. The number of carbonyl (C=O) groups excluding carboxylic acids is 2. The van der Waals surface area contributed by atoms with Gasteiger partial charge in [0.2, 0.25) is 11.3 Å². The number of amides is 1. The molecule has 1 atom stereocenters. The quantitative estimate of drug-likeness (QED) is 0.128. The van der Waals surface area contributed by atoms with Crippen LogP contribution in [-0.4, -0.2) is 39.1 Å². The third-order valence-corrected chi connectivity index (χ3v) is 8.51. The number of halogens is 2. The number of rotatable bonds is 9. The summed E-state index contributed by atoms with van der Waals surface area (Å²) in [4.78, 5) is 25.1. The van der Waals surface area contributed by atoms with E-state index >= 15 is 0 Å². The molecule has 4 aromatic rings. The molecule has 1 aliphatic rings. The molecule has 1 unspecified atom stereocenters. The topological polar surface area (TPSA) is 109 Å². The number of esters is 1. The molecule has 5 rings (SSSR count). The molecule has 40 heavy (non-hydrogen) atoms. The molecule has 11 heteroatoms. The molecule has 0 radical (unpaired) electrons. The van der Waals surface area contributed by atoms with Crippen molar-refractivity contribution in [1.29, 1.82) is 0 Å². The van der Waals surface area contributed by atoms with E-state index in [0.29, 0.717) is 36.8 Å². The lowest BCUT2D eigenvalue weighted by Crippen LogP contribution is -2.25. The number of fused-ring (bicyclic) bond motifs is 1. The zero-order chi connectivity index (χ0) is 28.6. The molecule has 1 fully saturated rings. The van der Waals surface area contributed by atoms with E-state index in [2.05, 4.69) is 5.32 Å². The number of hydrogen-bond donors (Lipinski definition) is 2. The van der Waals surface area contributed by atoms with E-state index in [0.717, 1.165) is 24.0 Å². The summed E-state index contributed by atoms with van der Waals surface area (Å²) in [6.45, 7) is 0.220. The molecule has 1 amide bonds. The third-order valence-electron chi connectivity index (χ3n) is 6.87. The maximum Gasteiger partial charge on any atom is 0.338 e. The van der Waals surface area contributed by atoms with Crippen molar-refractivity contribution in [3.05, 3.63) is 91.8 Å². The Labute approximate surface area is 246 Å². The van der Waals surface area contributed by atoms with Crippen molar-refractivity contribution in [1.82, 2.24) is 9.62 Å². The van der Waals surface area contributed by atoms with Crippen LogP contribution < -0.4 is 5.32 Å². The second-order valence-corrected chi connectivity index (χ2v) is 11.7. The van der Waals surface area contributed by atoms with Crippen LogP contribution >= 0.6 is 22.6 Å². The van der Waals surface area contributed by atoms with Gasteiger partial charge in [0.15, 0.2) is 0 Å². The fraction of sp³-hybridized carbons (Fsp3) is 0.241. The Morgan fingerprint density at radius 3 is 2.60 bits per heavy atom. The van der Waals surface area contributed by atoms with Crippen molar-refractivity contribution in [2.24, 2.45) is 0 Å². The van der Waals surface area contributed by atoms with Crippen molar-refractivity contribution < 1.29 is 31.9 Å². The molecule has 0 bridgehead atoms. The van der Waals surface area contributed by atoms with Gasteiger partial charge in [0, 0.05) is 34.7 Å². The van der Waals surface area contributed by atoms with Crippen LogP contribution in [0, 0.1) is 9.39 Å². The summed E-state index contributed by atoms with van der Waals surface area (Å²) in [5.41, 5.74) is 3.98. The van der Waals surface area contributed by atoms with Crippen molar-refractivity contribution in [3.8, 4) is 11.3 Å². The van der Waals surface area contributed by atoms with Gasteiger partial charge in [-0.2, -0.15) is 4.31 Å². The number of nitrogens with one attached hydrogen (secondary N) is 1. The fourth-order valence-electron chi connectivity index (χ4n) is 4.79. The van der Waals surface area contributed by atoms with Gasteiger partial charge in [-0.25, -0.2) is 13.4 Å². The average molecular weight is 677 g/mol. The van der Waals surface area contributed by atoms with E-state index in [9.17, 15) is 22.7 Å². The van der Waals surface area contributed by atoms with Crippen LogP contribution in [0.1, 0.15) is 56.2 Å². The SMILES string of the molecule is CNC(=O)c1c(-c2cccc(F)c2)oc2cc(CN(Cc3ccc(I)c(C(=O)OC)c3)S(=O)O)c(C3CC3)cc12. The summed E-state index contributed by atoms with van der Waals surface area (Å²) >= 11 is -0.283. The summed E-state index contributed by atoms with van der Waals surface area (Å²) in [6.07, 6.45) is 1.93. The second kappa shape index (κ2) is 11.8. The lowest BCUT2D eigenvalue weighted by atomic mass is 9.97. The van der Waals surface area contributed by atoms with E-state index < -0.39 is 23.1 Å². The van der Waals surface area contributed by atoms with Gasteiger partial charge in [0.05, 0.1) is 18.2 Å². The lowest BCUT2D eigenvalue weighted by Gasteiger charge is -2.20. The highest BCUT2D eigenvalue weighted by Crippen LogP contribution is 2.45. The molecule has 0 saturated heterocycles. The standard InChI is InChI=1S/C29H26FIN2O6S/c1-32-28(34)26-23-13-21(17-7-8-17)19(12-25(23)39-27(26)18-4-3-5-20(30)11-18)15-33(40(36)37)14-16-6-9-24(31)22(10-16)29(35)38-2/h3-6,9-13,17H,7-8,14-15H2,1-2H3,(H,32,34)(H,36,37). The molecule has 1 saturated carbocycles. The van der Waals surface area contributed by atoms with Gasteiger partial charge in [0.25, 0.3) is 5.91 Å². The lowest BCUT2D eigenvalue weighted by molar-refractivity contribution is 0.0599. The predicted octanol–water partition coefficient (Wildman–Crippen LogP) is 6.01. The van der Waals surface area contributed by atoms with Crippen LogP contribution in [0.3, 0.4) is 0 Å². The summed E-state index contributed by atoms with van der Waals surface area (Å²) in [5.74, 6) is -0.784. The smallest absolute Gasteiger partial charge is 0.338 e. The second-order valence-electron chi connectivity index (χ2n) is 9.55. The first-order valence-electron chi connectivity index (χ1n) is 12.5. The highest BCUT2D eigenvalue weighted by atomic mass is 127. The Morgan fingerprint density at radius 1 is 1.18 bits per heavy atom. The number of hydrogen-bond acceptors (Lipinski definition) is 5. The minimum Gasteiger partial charge on any atom is -0.465 e. The van der Waals surface area contributed by atoms with Crippen LogP contribution in [0.25, 0.3) is 22.3 Å². The van der Waals surface area contributed by atoms with Crippen LogP contribution in [-0.2, 0) is 29.1 Å². The molecular formula is C29H26FIN2O6S. The van der Waals surface area contributed by atoms with Crippen molar-refractivity contribution in [2.45, 2.75) is 31.8 Å². The normalized spacial score (nSPS) is 13.9. The third kappa shape index (κ3) is 5.82. The zero-order valence-corrected chi connectivity index (χ0v) is 24.7. The largest absolute Gasteiger partial charge is 0.465 e. The molecule has 0 spiro atoms. The fourth-order valence-corrected chi connectivity index (χ4v) is 5.86. The van der Waals surface area contributed by atoms with Crippen LogP contribution in [0.15, 0.2) is 59.0 Å². The van der Waals surface area contributed by atoms with Crippen LogP contribution in [0.2, 0.25) is 0 Å². The maximum absolute atomic E-state index is 14.0. The van der Waals surface area contributed by atoms with E-state index in [1.165, 1.54) is 30.6 Å². The average Bonchev–Trinajstić information content (AvgIpc) is 3.72. The Kier molecular flexibility index (Phi) is 8.36. The first-order valence-corrected chi connectivity index (χ1v) is 14.6. The number of benzene rings is 3. The van der Waals surface area contributed by atoms with E-state index in [4.69, 9.17) is 9.15 Å². The number of furan rings is 1. The molecule has 208 valence electrons. The summed E-state index contributed by atoms with van der Waals surface area (Å²) in [5, 5.41) is 3.25. The van der Waals surface area contributed by atoms with E-state index in [-0.39, 0.29) is 30.7 Å². The van der Waals surface area contributed by atoms with Crippen molar-refractivity contribution >= 4 is 56.7 Å². The van der Waals surface area contributed by atoms with Gasteiger partial charge in [0.1, 0.15) is 17.2 Å². The molecule has 3 aromatic carbocycles. The van der Waals surface area contributed by atoms with Crippen molar-refractivity contribution in [3.63, 3.8) is 0 Å². The van der Waals surface area contributed by atoms with Gasteiger partial charge in [-0.1, -0.05) is 18.2 Å². The molecule has 0 aliphatic heterocycles. The zero-order valence-electron chi connectivity index (χ0n) is 21.7. The van der Waals surface area contributed by atoms with Crippen LogP contribution in [0.4, 0.5) is 4.39 Å². The molecule has 1 aromatic heterocycles. The summed E-state index contributed by atoms with van der Waals surface area (Å²) in [7, 11) is 2.83. The highest BCUT2D eigenvalue weighted by Gasteiger charge is 2.30. The van der Waals surface area contributed by atoms with E-state index in [1.54, 1.807) is 36.4 Å². The van der Waals surface area contributed by atoms with Gasteiger partial charge in [-0.05, 0) is 94.4 Å². The first kappa shape index (κ1) is 28.4. The molecule has 2 N–H and O–H groups in total. The van der Waals surface area contributed by atoms with Gasteiger partial charge in [-0.3, -0.25) is 9.35 Å². The Morgan fingerprint density at radius 2 is 1.95 bits per heavy atom. The molecule has 8 nitrogen and oxygen atoms in total. The minimum atomic E-state index is -2.32. The minimum absolute atomic E-state index is 0.0996. The Bertz CT molecular complexity index is 1650. The first-order chi connectivity index (χ1) is 19.2. The van der Waals surface area contributed by atoms with Crippen LogP contribution in [0.5, 0.6) is 0 Å². The number of nitrogens with zero attached hydrogens (tertiary/aromatic N) is 1. The summed E-state index contributed by atoms with van der Waals surface area (Å²) in [6, 6.07) is 14.8. The predicted molar refractivity (Wildman–Crippen MR) is 157 cm³/mol. The number of carbonyl (C=O) groups is 2. The van der Waals surface area contributed by atoms with Gasteiger partial charge >= 0.3 is 5.97 Å². The molecular weight excluding hydrogens is 650 g/mol. The number of methoxy groups -OCH3 is 1. The van der Waals surface area contributed by atoms with Gasteiger partial charge in [-0.15, -0.1) is 0 Å². The monoisotopic (exact) mass is 676 g/mol.